The second-order valence-electron chi connectivity index (χ2n) is 15.9. The van der Waals surface area contributed by atoms with Crippen LogP contribution < -0.4 is 0 Å². The van der Waals surface area contributed by atoms with Crippen LogP contribution in [0.4, 0.5) is 0 Å². The van der Waals surface area contributed by atoms with Crippen LogP contribution in [0.25, 0.3) is 111 Å². The third kappa shape index (κ3) is 5.10. The van der Waals surface area contributed by atoms with Gasteiger partial charge in [-0.1, -0.05) is 140 Å². The molecule has 13 rings (SSSR count). The lowest BCUT2D eigenvalue weighted by molar-refractivity contribution is 1.07. The summed E-state index contributed by atoms with van der Waals surface area (Å²) >= 11 is 0. The first kappa shape index (κ1) is 34.4. The molecule has 9 aromatic carbocycles. The quantitative estimate of drug-likeness (QED) is 0.168. The molecule has 4 heterocycles. The molecule has 0 aliphatic heterocycles. The molecule has 62 heavy (non-hydrogen) atoms. The van der Waals surface area contributed by atoms with Gasteiger partial charge in [0.1, 0.15) is 0 Å². The molecule has 4 aromatic heterocycles. The summed E-state index contributed by atoms with van der Waals surface area (Å²) in [5, 5.41) is 16.8. The number of hydrogen-bond donors (Lipinski definition) is 0. The lowest BCUT2D eigenvalue weighted by Gasteiger charge is -2.14. The molecule has 290 valence electrons. The normalized spacial score (nSPS) is 11.9. The molecule has 0 aliphatic carbocycles. The molecular formula is C56H36N6. The van der Waals surface area contributed by atoms with E-state index in [1.54, 1.807) is 0 Å². The Morgan fingerprint density at radius 1 is 0.226 bits per heavy atom. The van der Waals surface area contributed by atoms with Gasteiger partial charge < -0.3 is 13.7 Å². The van der Waals surface area contributed by atoms with E-state index in [-0.39, 0.29) is 0 Å². The minimum Gasteiger partial charge on any atom is -0.309 e. The molecule has 0 saturated carbocycles. The first-order valence-electron chi connectivity index (χ1n) is 21.0. The first-order valence-corrected chi connectivity index (χ1v) is 21.0. The van der Waals surface area contributed by atoms with Crippen molar-refractivity contribution in [3.63, 3.8) is 0 Å². The van der Waals surface area contributed by atoms with E-state index in [9.17, 15) is 0 Å². The standard InChI is InChI=1S/C56H36N6/c1-4-17-37(18-5-1)55-57-58-56(38-19-6-2-7-20-38)62(55)42-31-32-52-46(34-42)43-25-10-14-29-50(43)60(52)40-23-16-24-41(33-40)61-51-30-15-12-27-45(51)48-35-47-44-26-11-13-28-49(44)59(53(47)36-54(48)61)39-21-8-3-9-22-39/h1-36H. The van der Waals surface area contributed by atoms with Crippen molar-refractivity contribution in [2.45, 2.75) is 0 Å². The molecule has 13 aromatic rings. The van der Waals surface area contributed by atoms with Crippen molar-refractivity contribution in [1.82, 2.24) is 28.5 Å². The zero-order valence-electron chi connectivity index (χ0n) is 33.5. The fourth-order valence-electron chi connectivity index (χ4n) is 9.79. The van der Waals surface area contributed by atoms with Gasteiger partial charge in [-0.05, 0) is 78.9 Å². The van der Waals surface area contributed by atoms with Gasteiger partial charge in [-0.15, -0.1) is 10.2 Å². The number of nitrogens with zero attached hydrogens (tertiary/aromatic N) is 6. The van der Waals surface area contributed by atoms with Gasteiger partial charge >= 0.3 is 0 Å². The maximum absolute atomic E-state index is 4.76. The molecule has 6 heteroatoms. The van der Waals surface area contributed by atoms with Gasteiger partial charge in [-0.2, -0.15) is 0 Å². The van der Waals surface area contributed by atoms with Crippen LogP contribution in [0.15, 0.2) is 218 Å². The summed E-state index contributed by atoms with van der Waals surface area (Å²) in [6, 6.07) is 78.1. The molecule has 0 unspecified atom stereocenters. The van der Waals surface area contributed by atoms with Crippen LogP contribution in [0, 0.1) is 0 Å². The Morgan fingerprint density at radius 3 is 1.15 bits per heavy atom. The third-order valence-corrected chi connectivity index (χ3v) is 12.5. The number of para-hydroxylation sites is 4. The molecule has 0 saturated heterocycles. The van der Waals surface area contributed by atoms with Crippen LogP contribution in [-0.2, 0) is 0 Å². The maximum Gasteiger partial charge on any atom is 0.168 e. The second kappa shape index (κ2) is 13.5. The summed E-state index contributed by atoms with van der Waals surface area (Å²) in [5.41, 5.74) is 13.3. The molecule has 0 fully saturated rings. The Bertz CT molecular complexity index is 3790. The highest BCUT2D eigenvalue weighted by Crippen LogP contribution is 2.41. The number of fused-ring (bicyclic) bond motifs is 9. The van der Waals surface area contributed by atoms with Crippen LogP contribution in [0.2, 0.25) is 0 Å². The summed E-state index contributed by atoms with van der Waals surface area (Å²) in [6.07, 6.45) is 0. The van der Waals surface area contributed by atoms with E-state index in [2.05, 4.69) is 200 Å². The lowest BCUT2D eigenvalue weighted by atomic mass is 10.1. The second-order valence-corrected chi connectivity index (χ2v) is 15.9. The Kier molecular flexibility index (Phi) is 7.50. The largest absolute Gasteiger partial charge is 0.309 e. The summed E-state index contributed by atoms with van der Waals surface area (Å²) in [6.45, 7) is 0. The zero-order chi connectivity index (χ0) is 40.7. The highest BCUT2D eigenvalue weighted by atomic mass is 15.3. The van der Waals surface area contributed by atoms with E-state index >= 15 is 0 Å². The number of hydrogen-bond acceptors (Lipinski definition) is 2. The zero-order valence-corrected chi connectivity index (χ0v) is 33.5. The van der Waals surface area contributed by atoms with E-state index in [0.29, 0.717) is 0 Å². The summed E-state index contributed by atoms with van der Waals surface area (Å²) < 4.78 is 9.43. The van der Waals surface area contributed by atoms with Crippen LogP contribution >= 0.6 is 0 Å². The fourth-order valence-corrected chi connectivity index (χ4v) is 9.79. The van der Waals surface area contributed by atoms with E-state index < -0.39 is 0 Å². The van der Waals surface area contributed by atoms with Crippen molar-refractivity contribution in [3.05, 3.63) is 218 Å². The minimum atomic E-state index is 0.799. The molecule has 0 aliphatic rings. The molecular weight excluding hydrogens is 757 g/mol. The molecule has 0 bridgehead atoms. The average Bonchev–Trinajstić information content (AvgIpc) is 4.10. The predicted molar refractivity (Wildman–Crippen MR) is 255 cm³/mol. The highest BCUT2D eigenvalue weighted by Gasteiger charge is 2.22. The smallest absolute Gasteiger partial charge is 0.168 e. The molecule has 0 N–H and O–H groups in total. The topological polar surface area (TPSA) is 45.5 Å². The molecule has 0 radical (unpaired) electrons. The van der Waals surface area contributed by atoms with Crippen molar-refractivity contribution >= 4 is 65.4 Å². The molecule has 6 nitrogen and oxygen atoms in total. The SMILES string of the molecule is c1ccc(-c2nnc(-c3ccccc3)n2-c2ccc3c(c2)c2ccccc2n3-c2cccc(-n3c4ccccc4c4cc5c6ccccc6n(-c6ccccc6)c5cc43)c2)cc1. The number of benzene rings is 9. The van der Waals surface area contributed by atoms with E-state index in [0.717, 1.165) is 61.9 Å². The Morgan fingerprint density at radius 2 is 0.613 bits per heavy atom. The monoisotopic (exact) mass is 792 g/mol. The van der Waals surface area contributed by atoms with Crippen molar-refractivity contribution in [2.75, 3.05) is 0 Å². The van der Waals surface area contributed by atoms with Crippen molar-refractivity contribution in [2.24, 2.45) is 0 Å². The van der Waals surface area contributed by atoms with Gasteiger partial charge in [0.05, 0.1) is 38.8 Å². The fraction of sp³-hybridized carbons (Fsp3) is 0. The van der Waals surface area contributed by atoms with Crippen LogP contribution in [0.1, 0.15) is 0 Å². The maximum atomic E-state index is 4.76. The van der Waals surface area contributed by atoms with Gasteiger partial charge in [0.15, 0.2) is 11.6 Å². The van der Waals surface area contributed by atoms with Crippen molar-refractivity contribution in [1.29, 1.82) is 0 Å². The van der Waals surface area contributed by atoms with Gasteiger partial charge in [0.25, 0.3) is 0 Å². The van der Waals surface area contributed by atoms with E-state index in [1.165, 1.54) is 49.0 Å². The van der Waals surface area contributed by atoms with Crippen LogP contribution in [0.5, 0.6) is 0 Å². The molecule has 0 spiro atoms. The van der Waals surface area contributed by atoms with Crippen LogP contribution in [-0.4, -0.2) is 28.5 Å². The number of rotatable bonds is 6. The first-order chi connectivity index (χ1) is 30.8. The Hall–Kier alpha value is -8.48. The third-order valence-electron chi connectivity index (χ3n) is 12.5. The summed E-state index contributed by atoms with van der Waals surface area (Å²) in [7, 11) is 0. The Labute approximate surface area is 356 Å². The predicted octanol–water partition coefficient (Wildman–Crippen LogP) is 13.9. The molecule has 0 amide bonds. The van der Waals surface area contributed by atoms with Crippen LogP contribution in [0.3, 0.4) is 0 Å². The van der Waals surface area contributed by atoms with E-state index in [4.69, 9.17) is 10.2 Å². The van der Waals surface area contributed by atoms with Gasteiger partial charge in [0, 0.05) is 60.5 Å². The van der Waals surface area contributed by atoms with E-state index in [1.807, 2.05) is 36.4 Å². The molecule has 0 atom stereocenters. The van der Waals surface area contributed by atoms with Gasteiger partial charge in [-0.3, -0.25) is 4.57 Å². The summed E-state index contributed by atoms with van der Waals surface area (Å²) in [5.74, 6) is 1.60. The number of aromatic nitrogens is 6. The average molecular weight is 793 g/mol. The van der Waals surface area contributed by atoms with Gasteiger partial charge in [0.2, 0.25) is 0 Å². The highest BCUT2D eigenvalue weighted by molar-refractivity contribution is 6.19. The summed E-state index contributed by atoms with van der Waals surface area (Å²) in [4.78, 5) is 0. The van der Waals surface area contributed by atoms with Crippen molar-refractivity contribution < 1.29 is 0 Å². The van der Waals surface area contributed by atoms with Crippen molar-refractivity contribution in [3.8, 4) is 45.5 Å². The lowest BCUT2D eigenvalue weighted by Crippen LogP contribution is -2.01. The Balaban J connectivity index is 1.02. The minimum absolute atomic E-state index is 0.799. The van der Waals surface area contributed by atoms with Gasteiger partial charge in [-0.25, -0.2) is 0 Å².